The van der Waals surface area contributed by atoms with E-state index in [1.165, 1.54) is 0 Å². The summed E-state index contributed by atoms with van der Waals surface area (Å²) in [4.78, 5) is 22.6. The normalized spacial score (nSPS) is 24.9. The highest BCUT2D eigenvalue weighted by Gasteiger charge is 2.39. The Morgan fingerprint density at radius 1 is 1.24 bits per heavy atom. The minimum absolute atomic E-state index is 0.124. The highest BCUT2D eigenvalue weighted by Crippen LogP contribution is 2.34. The lowest BCUT2D eigenvalue weighted by Gasteiger charge is -2.17. The largest absolute Gasteiger partial charge is 0.481 e. The van der Waals surface area contributed by atoms with Crippen LogP contribution in [0.5, 0.6) is 0 Å². The Bertz CT molecular complexity index is 432. The van der Waals surface area contributed by atoms with Crippen LogP contribution in [0.1, 0.15) is 77.6 Å². The van der Waals surface area contributed by atoms with Gasteiger partial charge in [-0.3, -0.25) is 9.59 Å². The van der Waals surface area contributed by atoms with E-state index in [1.54, 1.807) is 0 Å². The molecule has 5 heteroatoms. The zero-order chi connectivity index (χ0) is 18.7. The molecule has 0 aromatic heterocycles. The van der Waals surface area contributed by atoms with E-state index in [0.717, 1.165) is 44.9 Å². The Kier molecular flexibility index (Phi) is 10.7. The maximum Gasteiger partial charge on any atom is 0.303 e. The van der Waals surface area contributed by atoms with Crippen molar-refractivity contribution in [3.8, 4) is 0 Å². The van der Waals surface area contributed by atoms with Crippen molar-refractivity contribution in [2.45, 2.75) is 89.8 Å². The van der Waals surface area contributed by atoms with Crippen LogP contribution in [0.2, 0.25) is 0 Å². The quantitative estimate of drug-likeness (QED) is 0.348. The lowest BCUT2D eigenvalue weighted by atomic mass is 9.88. The van der Waals surface area contributed by atoms with Crippen molar-refractivity contribution in [2.75, 3.05) is 0 Å². The summed E-state index contributed by atoms with van der Waals surface area (Å²) in [7, 11) is 0. The van der Waals surface area contributed by atoms with Crippen LogP contribution < -0.4 is 0 Å². The number of carbonyl (C=O) groups is 2. The van der Waals surface area contributed by atoms with E-state index in [0.29, 0.717) is 12.8 Å². The molecular weight excluding hydrogens is 320 g/mol. The molecule has 144 valence electrons. The highest BCUT2D eigenvalue weighted by atomic mass is 16.4. The van der Waals surface area contributed by atoms with E-state index in [-0.39, 0.29) is 36.6 Å². The van der Waals surface area contributed by atoms with Crippen molar-refractivity contribution in [3.63, 3.8) is 0 Å². The van der Waals surface area contributed by atoms with E-state index < -0.39 is 12.1 Å². The van der Waals surface area contributed by atoms with Crippen LogP contribution in [0.4, 0.5) is 0 Å². The lowest BCUT2D eigenvalue weighted by Crippen LogP contribution is -2.18. The molecule has 0 saturated heterocycles. The third-order valence-corrected chi connectivity index (χ3v) is 5.05. The number of aliphatic hydroxyl groups excluding tert-OH is 2. The van der Waals surface area contributed by atoms with Crippen LogP contribution in [-0.2, 0) is 9.59 Å². The molecule has 1 fully saturated rings. The predicted molar refractivity (Wildman–Crippen MR) is 97.2 cm³/mol. The molecule has 0 aromatic carbocycles. The fourth-order valence-corrected chi connectivity index (χ4v) is 3.54. The molecule has 1 saturated carbocycles. The highest BCUT2D eigenvalue weighted by molar-refractivity contribution is 5.84. The number of carbonyl (C=O) groups excluding carboxylic acids is 1. The van der Waals surface area contributed by atoms with Gasteiger partial charge in [0.25, 0.3) is 0 Å². The van der Waals surface area contributed by atoms with Crippen molar-refractivity contribution < 1.29 is 24.9 Å². The second-order valence-corrected chi connectivity index (χ2v) is 7.23. The summed E-state index contributed by atoms with van der Waals surface area (Å²) in [6, 6.07) is 0. The third-order valence-electron chi connectivity index (χ3n) is 5.05. The molecule has 1 aliphatic carbocycles. The number of aliphatic hydroxyl groups is 2. The molecule has 3 N–H and O–H groups in total. The van der Waals surface area contributed by atoms with E-state index in [1.807, 2.05) is 12.2 Å². The summed E-state index contributed by atoms with van der Waals surface area (Å²) in [6.45, 7) is 2.09. The minimum atomic E-state index is -0.764. The van der Waals surface area contributed by atoms with E-state index in [4.69, 9.17) is 5.11 Å². The van der Waals surface area contributed by atoms with Gasteiger partial charge in [-0.05, 0) is 25.7 Å². The molecule has 4 atom stereocenters. The molecule has 1 aliphatic rings. The fourth-order valence-electron chi connectivity index (χ4n) is 3.54. The summed E-state index contributed by atoms with van der Waals surface area (Å²) in [5, 5.41) is 28.6. The Balaban J connectivity index is 2.37. The number of carboxylic acid groups (broad SMARTS) is 1. The first-order valence-electron chi connectivity index (χ1n) is 9.73. The maximum absolute atomic E-state index is 12.1. The average Bonchev–Trinajstić information content (AvgIpc) is 2.82. The maximum atomic E-state index is 12.1. The zero-order valence-corrected chi connectivity index (χ0v) is 15.4. The molecule has 0 spiro atoms. The number of ketones is 1. The SMILES string of the molecule is CCCCC(O)C/C=C/[C@H]1[C@H](O)CC(=O)[C@@H]1CCCCCCC(=O)O. The number of hydrogen-bond acceptors (Lipinski definition) is 4. The predicted octanol–water partition coefficient (Wildman–Crippen LogP) is 3.48. The molecule has 0 heterocycles. The van der Waals surface area contributed by atoms with Gasteiger partial charge in [0.15, 0.2) is 0 Å². The van der Waals surface area contributed by atoms with Gasteiger partial charge in [0.1, 0.15) is 5.78 Å². The first kappa shape index (κ1) is 21.8. The molecular formula is C20H34O5. The first-order valence-corrected chi connectivity index (χ1v) is 9.73. The van der Waals surface area contributed by atoms with Gasteiger partial charge in [-0.15, -0.1) is 0 Å². The Labute approximate surface area is 151 Å². The van der Waals surface area contributed by atoms with Crippen molar-refractivity contribution in [1.29, 1.82) is 0 Å². The molecule has 1 rings (SSSR count). The number of Topliss-reactive ketones (excluding diaryl/α,β-unsaturated/α-hetero) is 1. The number of rotatable bonds is 13. The van der Waals surface area contributed by atoms with Crippen molar-refractivity contribution in [3.05, 3.63) is 12.2 Å². The third kappa shape index (κ3) is 8.63. The van der Waals surface area contributed by atoms with Crippen molar-refractivity contribution in [2.24, 2.45) is 11.8 Å². The van der Waals surface area contributed by atoms with Crippen LogP contribution in [0.15, 0.2) is 12.2 Å². The summed E-state index contributed by atoms with van der Waals surface area (Å²) in [5.41, 5.74) is 0. The second-order valence-electron chi connectivity index (χ2n) is 7.23. The van der Waals surface area contributed by atoms with Crippen LogP contribution in [0.3, 0.4) is 0 Å². The standard InChI is InChI=1S/C20H34O5/c1-2-3-9-15(21)10-8-12-17-16(18(22)14-19(17)23)11-6-4-5-7-13-20(24)25/h8,12,15-17,19,21,23H,2-7,9-11,13-14H2,1H3,(H,24,25)/b12-8+/t15?,16-,17-,19-/m1/s1. The van der Waals surface area contributed by atoms with Gasteiger partial charge >= 0.3 is 5.97 Å². The molecule has 5 nitrogen and oxygen atoms in total. The van der Waals surface area contributed by atoms with E-state index in [9.17, 15) is 19.8 Å². The lowest BCUT2D eigenvalue weighted by molar-refractivity contribution is -0.137. The fraction of sp³-hybridized carbons (Fsp3) is 0.800. The Morgan fingerprint density at radius 3 is 2.64 bits per heavy atom. The number of hydrogen-bond donors (Lipinski definition) is 3. The molecule has 0 bridgehead atoms. The molecule has 25 heavy (non-hydrogen) atoms. The summed E-state index contributed by atoms with van der Waals surface area (Å²) >= 11 is 0. The van der Waals surface area contributed by atoms with Gasteiger partial charge in [0.2, 0.25) is 0 Å². The van der Waals surface area contributed by atoms with E-state index in [2.05, 4.69) is 6.92 Å². The van der Waals surface area contributed by atoms with Gasteiger partial charge < -0.3 is 15.3 Å². The van der Waals surface area contributed by atoms with Crippen molar-refractivity contribution >= 4 is 11.8 Å². The number of carboxylic acids is 1. The average molecular weight is 354 g/mol. The van der Waals surface area contributed by atoms with Gasteiger partial charge in [-0.2, -0.15) is 0 Å². The molecule has 1 unspecified atom stereocenters. The van der Waals surface area contributed by atoms with Gasteiger partial charge in [0, 0.05) is 24.7 Å². The molecule has 0 amide bonds. The number of aliphatic carboxylic acids is 1. The molecule has 0 radical (unpaired) electrons. The monoisotopic (exact) mass is 354 g/mol. The van der Waals surface area contributed by atoms with Gasteiger partial charge in [0.05, 0.1) is 12.2 Å². The Hall–Kier alpha value is -1.20. The summed E-state index contributed by atoms with van der Waals surface area (Å²) in [6.07, 6.45) is 10.8. The van der Waals surface area contributed by atoms with Crippen LogP contribution in [0.25, 0.3) is 0 Å². The van der Waals surface area contributed by atoms with E-state index >= 15 is 0 Å². The first-order chi connectivity index (χ1) is 12.0. The zero-order valence-electron chi connectivity index (χ0n) is 15.4. The van der Waals surface area contributed by atoms with Crippen molar-refractivity contribution in [1.82, 2.24) is 0 Å². The van der Waals surface area contributed by atoms with Crippen LogP contribution >= 0.6 is 0 Å². The van der Waals surface area contributed by atoms with Crippen LogP contribution in [-0.4, -0.2) is 39.3 Å². The topological polar surface area (TPSA) is 94.8 Å². The summed E-state index contributed by atoms with van der Waals surface area (Å²) < 4.78 is 0. The summed E-state index contributed by atoms with van der Waals surface area (Å²) in [5.74, 6) is -0.928. The second kappa shape index (κ2) is 12.2. The smallest absolute Gasteiger partial charge is 0.303 e. The Morgan fingerprint density at radius 2 is 1.96 bits per heavy atom. The molecule has 0 aliphatic heterocycles. The number of unbranched alkanes of at least 4 members (excludes halogenated alkanes) is 4. The van der Waals surface area contributed by atoms with Crippen LogP contribution in [0, 0.1) is 11.8 Å². The molecule has 0 aromatic rings. The van der Waals surface area contributed by atoms with Gasteiger partial charge in [-0.1, -0.05) is 51.2 Å². The minimum Gasteiger partial charge on any atom is -0.481 e. The van der Waals surface area contributed by atoms with Gasteiger partial charge in [-0.25, -0.2) is 0 Å².